The standard InChI is InChI=1S/C12H14ClF3N2O/c13-9-6-7(14)5-8(11(9)19)10(12(15)16)18-3-1-17-2-4-18/h5-6,10,12,17,19H,1-4H2/t10-/m0/s1. The zero-order valence-corrected chi connectivity index (χ0v) is 10.8. The Morgan fingerprint density at radius 1 is 1.26 bits per heavy atom. The SMILES string of the molecule is Oc1c(Cl)cc(F)cc1[C@@H](C(F)F)N1CCNCC1. The van der Waals surface area contributed by atoms with Crippen molar-refractivity contribution in [1.82, 2.24) is 10.2 Å². The number of hydrogen-bond donors (Lipinski definition) is 2. The first-order valence-corrected chi connectivity index (χ1v) is 6.29. The summed E-state index contributed by atoms with van der Waals surface area (Å²) in [5.41, 5.74) is -0.165. The van der Waals surface area contributed by atoms with E-state index in [-0.39, 0.29) is 10.6 Å². The van der Waals surface area contributed by atoms with Crippen LogP contribution in [0, 0.1) is 5.82 Å². The molecule has 1 atom stereocenters. The summed E-state index contributed by atoms with van der Waals surface area (Å²) in [6, 6.07) is 0.469. The van der Waals surface area contributed by atoms with Gasteiger partial charge in [0.05, 0.1) is 5.02 Å². The molecular formula is C12H14ClF3N2O. The lowest BCUT2D eigenvalue weighted by Crippen LogP contribution is -2.46. The number of alkyl halides is 2. The van der Waals surface area contributed by atoms with Crippen LogP contribution in [-0.2, 0) is 0 Å². The lowest BCUT2D eigenvalue weighted by Gasteiger charge is -2.35. The maximum absolute atomic E-state index is 13.3. The van der Waals surface area contributed by atoms with Crippen LogP contribution in [-0.4, -0.2) is 42.6 Å². The summed E-state index contributed by atoms with van der Waals surface area (Å²) in [7, 11) is 0. The van der Waals surface area contributed by atoms with Crippen LogP contribution < -0.4 is 5.32 Å². The average molecular weight is 295 g/mol. The molecule has 0 saturated carbocycles. The van der Waals surface area contributed by atoms with Crippen molar-refractivity contribution in [3.05, 3.63) is 28.5 Å². The van der Waals surface area contributed by atoms with E-state index in [9.17, 15) is 18.3 Å². The number of nitrogens with one attached hydrogen (secondary N) is 1. The topological polar surface area (TPSA) is 35.5 Å². The van der Waals surface area contributed by atoms with Gasteiger partial charge in [-0.2, -0.15) is 0 Å². The second kappa shape index (κ2) is 5.98. The fourth-order valence-corrected chi connectivity index (χ4v) is 2.48. The van der Waals surface area contributed by atoms with Gasteiger partial charge in [-0.25, -0.2) is 13.2 Å². The highest BCUT2D eigenvalue weighted by atomic mass is 35.5. The molecule has 2 N–H and O–H groups in total. The van der Waals surface area contributed by atoms with Gasteiger partial charge in [0.15, 0.2) is 0 Å². The molecule has 3 nitrogen and oxygen atoms in total. The van der Waals surface area contributed by atoms with Gasteiger partial charge in [-0.1, -0.05) is 11.6 Å². The molecule has 0 unspecified atom stereocenters. The first kappa shape index (κ1) is 14.4. The van der Waals surface area contributed by atoms with Gasteiger partial charge < -0.3 is 10.4 Å². The molecule has 106 valence electrons. The third kappa shape index (κ3) is 3.13. The molecule has 1 saturated heterocycles. The Kier molecular flexibility index (Phi) is 4.54. The second-order valence-corrected chi connectivity index (χ2v) is 4.80. The molecule has 1 aliphatic heterocycles. The highest BCUT2D eigenvalue weighted by Crippen LogP contribution is 2.38. The van der Waals surface area contributed by atoms with Gasteiger partial charge in [0, 0.05) is 31.7 Å². The minimum Gasteiger partial charge on any atom is -0.506 e. The Bertz CT molecular complexity index is 453. The maximum atomic E-state index is 13.3. The summed E-state index contributed by atoms with van der Waals surface area (Å²) in [6.45, 7) is 1.96. The molecule has 1 aromatic rings. The van der Waals surface area contributed by atoms with Crippen LogP contribution in [0.5, 0.6) is 5.75 Å². The van der Waals surface area contributed by atoms with Gasteiger partial charge in [0.1, 0.15) is 17.6 Å². The van der Waals surface area contributed by atoms with E-state index >= 15 is 0 Å². The van der Waals surface area contributed by atoms with Crippen molar-refractivity contribution in [3.8, 4) is 5.75 Å². The predicted octanol–water partition coefficient (Wildman–Crippen LogP) is 2.40. The number of phenols is 1. The third-order valence-corrected chi connectivity index (χ3v) is 3.45. The Morgan fingerprint density at radius 3 is 2.47 bits per heavy atom. The van der Waals surface area contributed by atoms with E-state index in [2.05, 4.69) is 5.32 Å². The van der Waals surface area contributed by atoms with Gasteiger partial charge in [-0.15, -0.1) is 0 Å². The number of aromatic hydroxyl groups is 1. The highest BCUT2D eigenvalue weighted by molar-refractivity contribution is 6.32. The normalized spacial score (nSPS) is 18.8. The minimum absolute atomic E-state index is 0.165. The monoisotopic (exact) mass is 294 g/mol. The second-order valence-electron chi connectivity index (χ2n) is 4.39. The summed E-state index contributed by atoms with van der Waals surface area (Å²) in [5.74, 6) is -1.22. The first-order chi connectivity index (χ1) is 9.00. The van der Waals surface area contributed by atoms with Crippen molar-refractivity contribution in [2.45, 2.75) is 12.5 Å². The fourth-order valence-electron chi connectivity index (χ4n) is 2.26. The van der Waals surface area contributed by atoms with Crippen LogP contribution in [0.25, 0.3) is 0 Å². The van der Waals surface area contributed by atoms with Crippen LogP contribution in [0.1, 0.15) is 11.6 Å². The molecule has 1 fully saturated rings. The Hall–Kier alpha value is -0.980. The van der Waals surface area contributed by atoms with Crippen LogP contribution in [0.3, 0.4) is 0 Å². The molecule has 1 aliphatic rings. The quantitative estimate of drug-likeness (QED) is 0.898. The molecule has 0 bridgehead atoms. The van der Waals surface area contributed by atoms with Crippen molar-refractivity contribution in [2.75, 3.05) is 26.2 Å². The molecule has 0 radical (unpaired) electrons. The first-order valence-electron chi connectivity index (χ1n) is 5.91. The van der Waals surface area contributed by atoms with E-state index in [1.807, 2.05) is 0 Å². The smallest absolute Gasteiger partial charge is 0.258 e. The summed E-state index contributed by atoms with van der Waals surface area (Å²) < 4.78 is 39.9. The van der Waals surface area contributed by atoms with Crippen LogP contribution >= 0.6 is 11.6 Å². The van der Waals surface area contributed by atoms with E-state index in [0.717, 1.165) is 12.1 Å². The number of piperazine rings is 1. The zero-order valence-electron chi connectivity index (χ0n) is 10.0. The van der Waals surface area contributed by atoms with E-state index < -0.39 is 24.0 Å². The largest absolute Gasteiger partial charge is 0.506 e. The molecule has 7 heteroatoms. The molecule has 2 rings (SSSR count). The van der Waals surface area contributed by atoms with E-state index in [4.69, 9.17) is 11.6 Å². The molecule has 1 aromatic carbocycles. The number of rotatable bonds is 3. The van der Waals surface area contributed by atoms with Gasteiger partial charge >= 0.3 is 0 Å². The zero-order chi connectivity index (χ0) is 14.0. The van der Waals surface area contributed by atoms with Crippen molar-refractivity contribution < 1.29 is 18.3 Å². The summed E-state index contributed by atoms with van der Waals surface area (Å²) in [6.07, 6.45) is -2.73. The van der Waals surface area contributed by atoms with Gasteiger partial charge in [-0.3, -0.25) is 4.90 Å². The molecule has 19 heavy (non-hydrogen) atoms. The molecule has 0 aliphatic carbocycles. The fraction of sp³-hybridized carbons (Fsp3) is 0.500. The lowest BCUT2D eigenvalue weighted by molar-refractivity contribution is 0.0169. The average Bonchev–Trinajstić information content (AvgIpc) is 2.36. The van der Waals surface area contributed by atoms with Crippen molar-refractivity contribution >= 4 is 11.6 Å². The van der Waals surface area contributed by atoms with Crippen molar-refractivity contribution in [3.63, 3.8) is 0 Å². The van der Waals surface area contributed by atoms with Gasteiger partial charge in [0.25, 0.3) is 6.43 Å². The molecule has 0 aromatic heterocycles. The minimum atomic E-state index is -2.73. The molecular weight excluding hydrogens is 281 g/mol. The summed E-state index contributed by atoms with van der Waals surface area (Å²) in [5, 5.41) is 12.6. The number of benzene rings is 1. The van der Waals surface area contributed by atoms with Crippen LogP contribution in [0.15, 0.2) is 12.1 Å². The molecule has 1 heterocycles. The van der Waals surface area contributed by atoms with E-state index in [1.165, 1.54) is 4.90 Å². The lowest BCUT2D eigenvalue weighted by atomic mass is 10.0. The van der Waals surface area contributed by atoms with E-state index in [1.54, 1.807) is 0 Å². The van der Waals surface area contributed by atoms with Gasteiger partial charge in [0.2, 0.25) is 0 Å². The maximum Gasteiger partial charge on any atom is 0.258 e. The number of hydrogen-bond acceptors (Lipinski definition) is 3. The number of halogens is 4. The third-order valence-electron chi connectivity index (χ3n) is 3.16. The van der Waals surface area contributed by atoms with Crippen LogP contribution in [0.4, 0.5) is 13.2 Å². The van der Waals surface area contributed by atoms with Crippen LogP contribution in [0.2, 0.25) is 5.02 Å². The highest BCUT2D eigenvalue weighted by Gasteiger charge is 2.33. The molecule has 0 amide bonds. The summed E-state index contributed by atoms with van der Waals surface area (Å²) in [4.78, 5) is 1.52. The Labute approximate surface area is 114 Å². The predicted molar refractivity (Wildman–Crippen MR) is 66.3 cm³/mol. The Balaban J connectivity index is 2.38. The van der Waals surface area contributed by atoms with Gasteiger partial charge in [-0.05, 0) is 12.1 Å². The Morgan fingerprint density at radius 2 is 1.89 bits per heavy atom. The van der Waals surface area contributed by atoms with Crippen molar-refractivity contribution in [1.29, 1.82) is 0 Å². The number of nitrogens with zero attached hydrogens (tertiary/aromatic N) is 1. The summed E-state index contributed by atoms with van der Waals surface area (Å²) >= 11 is 5.64. The van der Waals surface area contributed by atoms with Crippen molar-refractivity contribution in [2.24, 2.45) is 0 Å². The van der Waals surface area contributed by atoms with E-state index in [0.29, 0.717) is 26.2 Å². The number of phenolic OH excluding ortho intramolecular Hbond substituents is 1. The molecule has 0 spiro atoms.